The molecule has 0 saturated carbocycles. The molecule has 0 aromatic heterocycles. The molecule has 0 aliphatic carbocycles. The second kappa shape index (κ2) is 6.35. The van der Waals surface area contributed by atoms with Crippen molar-refractivity contribution < 1.29 is 9.53 Å². The van der Waals surface area contributed by atoms with Crippen LogP contribution < -0.4 is 0 Å². The third-order valence-corrected chi connectivity index (χ3v) is 3.77. The molecule has 2 aliphatic rings. The molecule has 0 aromatic carbocycles. The average Bonchev–Trinajstić information content (AvgIpc) is 2.47. The van der Waals surface area contributed by atoms with Gasteiger partial charge in [-0.05, 0) is 19.9 Å². The molecule has 0 spiro atoms. The predicted octanol–water partition coefficient (Wildman–Crippen LogP) is 1.65. The maximum atomic E-state index is 12.4. The fraction of sp³-hybridized carbons (Fsp3) is 0.667. The van der Waals surface area contributed by atoms with Crippen LogP contribution in [0.3, 0.4) is 0 Å². The Morgan fingerprint density at radius 1 is 1.26 bits per heavy atom. The number of ether oxygens (including phenoxy) is 1. The third-order valence-electron chi connectivity index (χ3n) is 3.77. The Kier molecular flexibility index (Phi) is 4.77. The molecule has 4 nitrogen and oxygen atoms in total. The first kappa shape index (κ1) is 14.3. The van der Waals surface area contributed by atoms with Crippen LogP contribution >= 0.6 is 0 Å². The molecule has 0 N–H and O–H groups in total. The SMILES string of the molecule is CC1=C[C@@H](C)C(=O)N(CCN2CCOCC2)C(C)=C1. The van der Waals surface area contributed by atoms with Crippen LogP contribution in [-0.4, -0.2) is 55.1 Å². The second-order valence-corrected chi connectivity index (χ2v) is 5.43. The van der Waals surface area contributed by atoms with Gasteiger partial charge in [-0.25, -0.2) is 0 Å². The van der Waals surface area contributed by atoms with Gasteiger partial charge in [0.25, 0.3) is 0 Å². The van der Waals surface area contributed by atoms with E-state index in [2.05, 4.69) is 17.9 Å². The van der Waals surface area contributed by atoms with E-state index >= 15 is 0 Å². The summed E-state index contributed by atoms with van der Waals surface area (Å²) in [6, 6.07) is 0. The molecule has 2 heterocycles. The van der Waals surface area contributed by atoms with Gasteiger partial charge in [0.15, 0.2) is 0 Å². The van der Waals surface area contributed by atoms with E-state index in [-0.39, 0.29) is 11.8 Å². The first-order valence-corrected chi connectivity index (χ1v) is 7.06. The monoisotopic (exact) mass is 264 g/mol. The molecule has 0 radical (unpaired) electrons. The molecule has 1 atom stereocenters. The first-order chi connectivity index (χ1) is 9.08. The van der Waals surface area contributed by atoms with Crippen molar-refractivity contribution in [2.75, 3.05) is 39.4 Å². The maximum Gasteiger partial charge on any atom is 0.233 e. The normalized spacial score (nSPS) is 25.9. The van der Waals surface area contributed by atoms with Crippen molar-refractivity contribution in [3.05, 3.63) is 23.4 Å². The lowest BCUT2D eigenvalue weighted by Gasteiger charge is -2.30. The van der Waals surface area contributed by atoms with E-state index in [0.29, 0.717) is 0 Å². The van der Waals surface area contributed by atoms with Crippen LogP contribution in [0.1, 0.15) is 20.8 Å². The minimum atomic E-state index is -0.0293. The number of carbonyl (C=O) groups excluding carboxylic acids is 1. The Morgan fingerprint density at radius 2 is 1.95 bits per heavy atom. The highest BCUT2D eigenvalue weighted by Gasteiger charge is 2.23. The summed E-state index contributed by atoms with van der Waals surface area (Å²) in [6.45, 7) is 11.3. The van der Waals surface area contributed by atoms with Gasteiger partial charge in [0.2, 0.25) is 5.91 Å². The standard InChI is InChI=1S/C15H24N2O2/c1-12-10-13(2)15(18)17(14(3)11-12)5-4-16-6-8-19-9-7-16/h10-11,13H,4-9H2,1-3H3/t13-/m1/s1. The zero-order chi connectivity index (χ0) is 13.8. The number of morpholine rings is 1. The van der Waals surface area contributed by atoms with E-state index in [0.717, 1.165) is 45.1 Å². The highest BCUT2D eigenvalue weighted by molar-refractivity contribution is 5.82. The molecule has 106 valence electrons. The van der Waals surface area contributed by atoms with Gasteiger partial charge in [-0.3, -0.25) is 9.69 Å². The first-order valence-electron chi connectivity index (χ1n) is 7.06. The Bertz CT molecular complexity index is 395. The average molecular weight is 264 g/mol. The van der Waals surface area contributed by atoms with E-state index in [1.807, 2.05) is 24.8 Å². The molecule has 0 unspecified atom stereocenters. The fourth-order valence-electron chi connectivity index (χ4n) is 2.69. The lowest BCUT2D eigenvalue weighted by molar-refractivity contribution is -0.131. The minimum absolute atomic E-state index is 0.0293. The molecule has 0 bridgehead atoms. The largest absolute Gasteiger partial charge is 0.379 e. The third kappa shape index (κ3) is 3.67. The highest BCUT2D eigenvalue weighted by Crippen LogP contribution is 2.19. The van der Waals surface area contributed by atoms with Gasteiger partial charge in [-0.1, -0.05) is 18.6 Å². The lowest BCUT2D eigenvalue weighted by Crippen LogP contribution is -2.43. The quantitative estimate of drug-likeness (QED) is 0.777. The molecule has 1 fully saturated rings. The summed E-state index contributed by atoms with van der Waals surface area (Å²) in [4.78, 5) is 16.7. The predicted molar refractivity (Wildman–Crippen MR) is 75.7 cm³/mol. The minimum Gasteiger partial charge on any atom is -0.379 e. The van der Waals surface area contributed by atoms with Gasteiger partial charge in [0.05, 0.1) is 19.1 Å². The highest BCUT2D eigenvalue weighted by atomic mass is 16.5. The number of nitrogens with zero attached hydrogens (tertiary/aromatic N) is 2. The summed E-state index contributed by atoms with van der Waals surface area (Å²) < 4.78 is 5.34. The molecule has 1 saturated heterocycles. The number of allylic oxidation sites excluding steroid dienone is 3. The molecular weight excluding hydrogens is 240 g/mol. The molecule has 2 aliphatic heterocycles. The Balaban J connectivity index is 1.97. The van der Waals surface area contributed by atoms with Gasteiger partial charge < -0.3 is 9.64 Å². The Morgan fingerprint density at radius 3 is 2.63 bits per heavy atom. The van der Waals surface area contributed by atoms with Crippen molar-refractivity contribution in [3.63, 3.8) is 0 Å². The van der Waals surface area contributed by atoms with Gasteiger partial charge in [-0.2, -0.15) is 0 Å². The zero-order valence-corrected chi connectivity index (χ0v) is 12.2. The van der Waals surface area contributed by atoms with Crippen LogP contribution in [0.15, 0.2) is 23.4 Å². The Hall–Kier alpha value is -1.13. The summed E-state index contributed by atoms with van der Waals surface area (Å²) in [5, 5.41) is 0. The van der Waals surface area contributed by atoms with Crippen molar-refractivity contribution in [3.8, 4) is 0 Å². The fourth-order valence-corrected chi connectivity index (χ4v) is 2.69. The summed E-state index contributed by atoms with van der Waals surface area (Å²) in [5.74, 6) is 0.178. The van der Waals surface area contributed by atoms with Crippen LogP contribution in [0.25, 0.3) is 0 Å². The summed E-state index contributed by atoms with van der Waals surface area (Å²) >= 11 is 0. The molecule has 1 amide bonds. The summed E-state index contributed by atoms with van der Waals surface area (Å²) in [7, 11) is 0. The van der Waals surface area contributed by atoms with Gasteiger partial charge in [0.1, 0.15) is 0 Å². The van der Waals surface area contributed by atoms with Crippen molar-refractivity contribution in [2.45, 2.75) is 20.8 Å². The van der Waals surface area contributed by atoms with Crippen molar-refractivity contribution >= 4 is 5.91 Å². The van der Waals surface area contributed by atoms with Crippen LogP contribution in [-0.2, 0) is 9.53 Å². The maximum absolute atomic E-state index is 12.4. The van der Waals surface area contributed by atoms with Crippen LogP contribution in [0.4, 0.5) is 0 Å². The molecule has 2 rings (SSSR count). The number of rotatable bonds is 3. The van der Waals surface area contributed by atoms with E-state index in [4.69, 9.17) is 4.74 Å². The molecular formula is C15H24N2O2. The van der Waals surface area contributed by atoms with Crippen LogP contribution in [0, 0.1) is 5.92 Å². The Labute approximate surface area is 115 Å². The van der Waals surface area contributed by atoms with Crippen molar-refractivity contribution in [1.29, 1.82) is 0 Å². The summed E-state index contributed by atoms with van der Waals surface area (Å²) in [5.41, 5.74) is 2.23. The van der Waals surface area contributed by atoms with Gasteiger partial charge in [-0.15, -0.1) is 0 Å². The number of hydrogen-bond donors (Lipinski definition) is 0. The lowest BCUT2D eigenvalue weighted by atomic mass is 10.1. The van der Waals surface area contributed by atoms with Crippen molar-refractivity contribution in [2.24, 2.45) is 5.92 Å². The van der Waals surface area contributed by atoms with Crippen LogP contribution in [0.2, 0.25) is 0 Å². The molecule has 4 heteroatoms. The molecule has 19 heavy (non-hydrogen) atoms. The van der Waals surface area contributed by atoms with Crippen molar-refractivity contribution in [1.82, 2.24) is 9.80 Å². The topological polar surface area (TPSA) is 32.8 Å². The van der Waals surface area contributed by atoms with E-state index in [1.165, 1.54) is 5.57 Å². The zero-order valence-electron chi connectivity index (χ0n) is 12.2. The smallest absolute Gasteiger partial charge is 0.233 e. The van der Waals surface area contributed by atoms with E-state index in [9.17, 15) is 4.79 Å². The van der Waals surface area contributed by atoms with Gasteiger partial charge in [0, 0.05) is 31.9 Å². The number of carbonyl (C=O) groups is 1. The second-order valence-electron chi connectivity index (χ2n) is 5.43. The molecule has 0 aromatic rings. The van der Waals surface area contributed by atoms with Gasteiger partial charge >= 0.3 is 0 Å². The number of hydrogen-bond acceptors (Lipinski definition) is 3. The van der Waals surface area contributed by atoms with E-state index < -0.39 is 0 Å². The number of amides is 1. The summed E-state index contributed by atoms with van der Waals surface area (Å²) in [6.07, 6.45) is 4.14. The van der Waals surface area contributed by atoms with E-state index in [1.54, 1.807) is 0 Å². The van der Waals surface area contributed by atoms with Crippen LogP contribution in [0.5, 0.6) is 0 Å².